The van der Waals surface area contributed by atoms with Crippen LogP contribution in [0.5, 0.6) is 0 Å². The maximum Gasteiger partial charge on any atom is -0.0288 e. The van der Waals surface area contributed by atoms with Crippen molar-refractivity contribution in [1.29, 1.82) is 0 Å². The minimum absolute atomic E-state index is 0.848. The van der Waals surface area contributed by atoms with Crippen molar-refractivity contribution >= 4 is 0 Å². The Morgan fingerprint density at radius 1 is 1.36 bits per heavy atom. The second-order valence-electron chi connectivity index (χ2n) is 3.64. The third kappa shape index (κ3) is 3.41. The van der Waals surface area contributed by atoms with E-state index in [0.29, 0.717) is 0 Å². The van der Waals surface area contributed by atoms with Gasteiger partial charge in [0.05, 0.1) is 0 Å². The zero-order valence-electron chi connectivity index (χ0n) is 7.47. The van der Waals surface area contributed by atoms with Gasteiger partial charge in [0.1, 0.15) is 0 Å². The maximum atomic E-state index is 4.06. The van der Waals surface area contributed by atoms with E-state index in [9.17, 15) is 0 Å². The quantitative estimate of drug-likeness (QED) is 0.462. The van der Waals surface area contributed by atoms with Crippen LogP contribution in [-0.2, 0) is 0 Å². The van der Waals surface area contributed by atoms with Crippen LogP contribution in [0.25, 0.3) is 0 Å². The highest BCUT2D eigenvalue weighted by molar-refractivity contribution is 4.99. The summed E-state index contributed by atoms with van der Waals surface area (Å²) in [5.41, 5.74) is 1.43. The molecule has 0 aliphatic heterocycles. The zero-order chi connectivity index (χ0) is 8.10. The maximum absolute atomic E-state index is 4.06. The molecule has 0 heteroatoms. The topological polar surface area (TPSA) is 0 Å². The Balaban J connectivity index is 2.42. The number of hydrogen-bond donors (Lipinski definition) is 0. The lowest BCUT2D eigenvalue weighted by molar-refractivity contribution is 0.538. The van der Waals surface area contributed by atoms with Crippen molar-refractivity contribution in [2.75, 3.05) is 0 Å². The van der Waals surface area contributed by atoms with Crippen LogP contribution in [-0.4, -0.2) is 0 Å². The predicted octanol–water partition coefficient (Wildman–Crippen LogP) is 3.70. The van der Waals surface area contributed by atoms with Gasteiger partial charge in [-0.2, -0.15) is 0 Å². The third-order valence-electron chi connectivity index (χ3n) is 2.36. The van der Waals surface area contributed by atoms with E-state index >= 15 is 0 Å². The summed E-state index contributed by atoms with van der Waals surface area (Å²) < 4.78 is 0. The molecule has 62 valence electrons. The van der Waals surface area contributed by atoms with Crippen LogP contribution < -0.4 is 0 Å². The first-order valence-corrected chi connectivity index (χ1v) is 4.60. The molecule has 0 spiro atoms. The lowest BCUT2D eigenvalue weighted by atomic mass is 9.99. The van der Waals surface area contributed by atoms with Gasteiger partial charge in [0, 0.05) is 0 Å². The van der Waals surface area contributed by atoms with E-state index in [0.717, 1.165) is 5.92 Å². The molecule has 0 aromatic carbocycles. The highest BCUT2D eigenvalue weighted by Crippen LogP contribution is 2.19. The van der Waals surface area contributed by atoms with Crippen molar-refractivity contribution in [2.24, 2.45) is 5.92 Å². The van der Waals surface area contributed by atoms with E-state index in [4.69, 9.17) is 0 Å². The Morgan fingerprint density at radius 2 is 2.18 bits per heavy atom. The Labute approximate surface area is 70.0 Å². The highest BCUT2D eigenvalue weighted by atomic mass is 14.1. The van der Waals surface area contributed by atoms with Gasteiger partial charge in [-0.15, -0.1) is 0 Å². The summed E-state index contributed by atoms with van der Waals surface area (Å²) in [5, 5.41) is 0. The normalized spacial score (nSPS) is 27.4. The van der Waals surface area contributed by atoms with Gasteiger partial charge in [-0.1, -0.05) is 31.2 Å². The third-order valence-corrected chi connectivity index (χ3v) is 2.36. The highest BCUT2D eigenvalue weighted by Gasteiger charge is 2.03. The molecule has 0 amide bonds. The molecular formula is C11H18. The minimum atomic E-state index is 0.848. The fourth-order valence-corrected chi connectivity index (χ4v) is 1.43. The summed E-state index contributed by atoms with van der Waals surface area (Å²) >= 11 is 0. The monoisotopic (exact) mass is 150 g/mol. The molecule has 0 radical (unpaired) electrons. The van der Waals surface area contributed by atoms with E-state index in [1.165, 1.54) is 37.7 Å². The Morgan fingerprint density at radius 3 is 3.00 bits per heavy atom. The second-order valence-corrected chi connectivity index (χ2v) is 3.64. The van der Waals surface area contributed by atoms with E-state index < -0.39 is 0 Å². The molecule has 0 heterocycles. The van der Waals surface area contributed by atoms with E-state index in [1.807, 2.05) is 0 Å². The van der Waals surface area contributed by atoms with Gasteiger partial charge in [-0.05, 0) is 38.0 Å². The van der Waals surface area contributed by atoms with E-state index in [1.54, 1.807) is 0 Å². The summed E-state index contributed by atoms with van der Waals surface area (Å²) in [6.07, 6.45) is 10.8. The first-order chi connectivity index (χ1) is 5.29. The summed E-state index contributed by atoms with van der Waals surface area (Å²) in [6.45, 7) is 6.38. The van der Waals surface area contributed by atoms with Crippen molar-refractivity contribution in [2.45, 2.75) is 39.0 Å². The van der Waals surface area contributed by atoms with Crippen LogP contribution in [0.2, 0.25) is 0 Å². The largest absolute Gasteiger partial charge is 0.0999 e. The lowest BCUT2D eigenvalue weighted by Crippen LogP contribution is -1.92. The molecule has 0 aromatic heterocycles. The number of hydrogen-bond acceptors (Lipinski definition) is 0. The van der Waals surface area contributed by atoms with Crippen LogP contribution >= 0.6 is 0 Å². The van der Waals surface area contributed by atoms with Crippen LogP contribution in [0, 0.1) is 5.92 Å². The average Bonchev–Trinajstić information content (AvgIpc) is 2.06. The lowest BCUT2D eigenvalue weighted by Gasteiger charge is -2.07. The van der Waals surface area contributed by atoms with Gasteiger partial charge < -0.3 is 0 Å². The van der Waals surface area contributed by atoms with Gasteiger partial charge in [-0.3, -0.25) is 0 Å². The van der Waals surface area contributed by atoms with Crippen molar-refractivity contribution in [1.82, 2.24) is 0 Å². The Bertz CT molecular complexity index is 153. The van der Waals surface area contributed by atoms with Crippen LogP contribution in [0.15, 0.2) is 24.3 Å². The van der Waals surface area contributed by atoms with Gasteiger partial charge in [0.2, 0.25) is 0 Å². The molecule has 0 bridgehead atoms. The average molecular weight is 150 g/mol. The van der Waals surface area contributed by atoms with Gasteiger partial charge in [0.25, 0.3) is 0 Å². The fourth-order valence-electron chi connectivity index (χ4n) is 1.43. The molecule has 1 aliphatic rings. The van der Waals surface area contributed by atoms with Crippen LogP contribution in [0.1, 0.15) is 39.0 Å². The van der Waals surface area contributed by atoms with Gasteiger partial charge in [0.15, 0.2) is 0 Å². The van der Waals surface area contributed by atoms with Crippen molar-refractivity contribution in [3.05, 3.63) is 24.3 Å². The van der Waals surface area contributed by atoms with Gasteiger partial charge >= 0.3 is 0 Å². The van der Waals surface area contributed by atoms with Crippen LogP contribution in [0.3, 0.4) is 0 Å². The molecule has 1 atom stereocenters. The molecule has 0 aromatic rings. The van der Waals surface area contributed by atoms with E-state index in [2.05, 4.69) is 25.7 Å². The van der Waals surface area contributed by atoms with E-state index in [-0.39, 0.29) is 0 Å². The molecule has 0 saturated heterocycles. The summed E-state index contributed by atoms with van der Waals surface area (Å²) in [7, 11) is 0. The fraction of sp³-hybridized carbons (Fsp3) is 0.636. The first kappa shape index (κ1) is 8.58. The smallest absolute Gasteiger partial charge is 0.0288 e. The molecule has 0 fully saturated rings. The molecular weight excluding hydrogens is 132 g/mol. The standard InChI is InChI=1S/C11H18/c1-10-6-4-3-5-7-11(2)9-8-10/h3,5,11H,1,4,6-9H2,2H3. The first-order valence-electron chi connectivity index (χ1n) is 4.60. The zero-order valence-corrected chi connectivity index (χ0v) is 7.47. The SMILES string of the molecule is C=C1CCC=CCC(C)CC1. The molecule has 1 aliphatic carbocycles. The Hall–Kier alpha value is -0.520. The second kappa shape index (κ2) is 4.38. The van der Waals surface area contributed by atoms with Crippen molar-refractivity contribution in [3.8, 4) is 0 Å². The summed E-state index contributed by atoms with van der Waals surface area (Å²) in [6, 6.07) is 0. The molecule has 1 rings (SSSR count). The molecule has 0 N–H and O–H groups in total. The summed E-state index contributed by atoms with van der Waals surface area (Å²) in [5.74, 6) is 0.848. The predicted molar refractivity (Wildman–Crippen MR) is 50.5 cm³/mol. The van der Waals surface area contributed by atoms with Crippen molar-refractivity contribution < 1.29 is 0 Å². The molecule has 0 nitrogen and oxygen atoms in total. The Kier molecular flexibility index (Phi) is 3.41. The number of rotatable bonds is 0. The van der Waals surface area contributed by atoms with Crippen molar-refractivity contribution in [3.63, 3.8) is 0 Å². The number of allylic oxidation sites excluding steroid dienone is 3. The minimum Gasteiger partial charge on any atom is -0.0999 e. The molecule has 0 saturated carbocycles. The summed E-state index contributed by atoms with van der Waals surface area (Å²) in [4.78, 5) is 0. The van der Waals surface area contributed by atoms with Gasteiger partial charge in [-0.25, -0.2) is 0 Å². The molecule has 11 heavy (non-hydrogen) atoms. The van der Waals surface area contributed by atoms with Crippen LogP contribution in [0.4, 0.5) is 0 Å². The molecule has 1 unspecified atom stereocenters.